The molecule has 0 spiro atoms. The van der Waals surface area contributed by atoms with Crippen molar-refractivity contribution in [3.8, 4) is 11.5 Å². The molecule has 1 amide bonds. The molecule has 10 heteroatoms. The Morgan fingerprint density at radius 3 is 2.55 bits per heavy atom. The molecule has 4 atom stereocenters. The quantitative estimate of drug-likeness (QED) is 0.565. The van der Waals surface area contributed by atoms with Gasteiger partial charge in [-0.1, -0.05) is 24.6 Å². The molecule has 5 rings (SSSR count). The van der Waals surface area contributed by atoms with Crippen LogP contribution in [0.15, 0.2) is 36.5 Å². The number of benzene rings is 1. The van der Waals surface area contributed by atoms with E-state index in [9.17, 15) is 9.90 Å². The zero-order valence-corrected chi connectivity index (χ0v) is 23.3. The van der Waals surface area contributed by atoms with Crippen molar-refractivity contribution in [1.29, 1.82) is 0 Å². The monoisotopic (exact) mass is 545 g/mol. The zero-order valence-electron chi connectivity index (χ0n) is 22.5. The topological polar surface area (TPSA) is 93.6 Å². The second kappa shape index (κ2) is 10.2. The number of carbonyl (C=O) groups excluding carboxylic acids is 1. The fourth-order valence-corrected chi connectivity index (χ4v) is 5.65. The number of hydrogen-bond acceptors (Lipinski definition) is 8. The Balaban J connectivity index is 1.32. The summed E-state index contributed by atoms with van der Waals surface area (Å²) in [6.45, 7) is 9.92. The summed E-state index contributed by atoms with van der Waals surface area (Å²) in [6.07, 6.45) is 0.331. The molecular formula is C28H36ClN3O6. The number of nitrogens with zero attached hydrogens (tertiary/aromatic N) is 3. The number of anilines is 1. The lowest BCUT2D eigenvalue weighted by atomic mass is 9.72. The number of likely N-dealkylation sites (tertiary alicyclic amines) is 1. The van der Waals surface area contributed by atoms with Gasteiger partial charge in [-0.15, -0.1) is 0 Å². The van der Waals surface area contributed by atoms with Crippen molar-refractivity contribution in [2.75, 3.05) is 44.8 Å². The fraction of sp³-hybridized carbons (Fsp3) is 0.571. The highest BCUT2D eigenvalue weighted by Crippen LogP contribution is 2.47. The number of aliphatic hydroxyl groups is 1. The Bertz CT molecular complexity index is 1170. The zero-order chi connectivity index (χ0) is 27.2. The molecule has 3 fully saturated rings. The molecule has 0 saturated carbocycles. The minimum absolute atomic E-state index is 0.0238. The van der Waals surface area contributed by atoms with Gasteiger partial charge >= 0.3 is 0 Å². The van der Waals surface area contributed by atoms with Gasteiger partial charge in [0.15, 0.2) is 23.4 Å². The van der Waals surface area contributed by atoms with E-state index < -0.39 is 23.4 Å². The largest absolute Gasteiger partial charge is 0.493 e. The molecular weight excluding hydrogens is 510 g/mol. The second-order valence-electron chi connectivity index (χ2n) is 11.2. The third kappa shape index (κ3) is 5.17. The van der Waals surface area contributed by atoms with Crippen LogP contribution >= 0.6 is 11.6 Å². The van der Waals surface area contributed by atoms with Gasteiger partial charge in [0, 0.05) is 30.6 Å². The minimum Gasteiger partial charge on any atom is -0.493 e. The smallest absolute Gasteiger partial charge is 0.254 e. The van der Waals surface area contributed by atoms with Gasteiger partial charge in [-0.3, -0.25) is 4.79 Å². The summed E-state index contributed by atoms with van der Waals surface area (Å²) in [6, 6.07) is 9.60. The van der Waals surface area contributed by atoms with Crippen molar-refractivity contribution in [2.24, 2.45) is 5.41 Å². The molecule has 3 aliphatic heterocycles. The number of hydrogen-bond donors (Lipinski definition) is 1. The summed E-state index contributed by atoms with van der Waals surface area (Å²) in [5, 5.41) is 11.4. The van der Waals surface area contributed by atoms with E-state index in [0.717, 1.165) is 11.4 Å². The molecule has 206 valence electrons. The van der Waals surface area contributed by atoms with Crippen LogP contribution in [0.1, 0.15) is 39.2 Å². The van der Waals surface area contributed by atoms with Gasteiger partial charge < -0.3 is 33.9 Å². The van der Waals surface area contributed by atoms with E-state index in [1.54, 1.807) is 39.0 Å². The van der Waals surface area contributed by atoms with Crippen molar-refractivity contribution < 1.29 is 28.8 Å². The molecule has 1 aromatic carbocycles. The summed E-state index contributed by atoms with van der Waals surface area (Å²) in [5.74, 6) is 1.14. The molecule has 2 aromatic rings. The van der Waals surface area contributed by atoms with E-state index in [2.05, 4.69) is 9.88 Å². The lowest BCUT2D eigenvalue weighted by molar-refractivity contribution is -0.159. The SMILES string of the molecule is COc1ccc([C@@H]2CN(C(=O)[C@@H]3COC(C)(C)O3)C[C@@]2(C)[C@@H](C)O)cc1OC1CN(c2ccc(Cl)cn2)C1. The molecule has 0 unspecified atom stereocenters. The maximum absolute atomic E-state index is 13.3. The number of halogens is 1. The van der Waals surface area contributed by atoms with E-state index in [-0.39, 0.29) is 24.5 Å². The molecule has 0 aliphatic carbocycles. The van der Waals surface area contributed by atoms with Crippen LogP contribution < -0.4 is 14.4 Å². The molecule has 9 nitrogen and oxygen atoms in total. The molecule has 3 saturated heterocycles. The van der Waals surface area contributed by atoms with Crippen LogP contribution in [0.2, 0.25) is 5.02 Å². The highest BCUT2D eigenvalue weighted by Gasteiger charge is 2.50. The van der Waals surface area contributed by atoms with Crippen molar-refractivity contribution >= 4 is 23.3 Å². The molecule has 1 N–H and O–H groups in total. The maximum atomic E-state index is 13.3. The van der Waals surface area contributed by atoms with E-state index in [0.29, 0.717) is 42.7 Å². The summed E-state index contributed by atoms with van der Waals surface area (Å²) in [5.41, 5.74) is 0.434. The first-order chi connectivity index (χ1) is 18.0. The molecule has 1 aromatic heterocycles. The third-order valence-corrected chi connectivity index (χ3v) is 8.27. The van der Waals surface area contributed by atoms with Gasteiger partial charge in [-0.25, -0.2) is 4.98 Å². The summed E-state index contributed by atoms with van der Waals surface area (Å²) in [4.78, 5) is 21.6. The Labute approximate surface area is 228 Å². The predicted molar refractivity (Wildman–Crippen MR) is 143 cm³/mol. The molecule has 4 heterocycles. The van der Waals surface area contributed by atoms with E-state index in [1.807, 2.05) is 37.3 Å². The van der Waals surface area contributed by atoms with Crippen LogP contribution in [0, 0.1) is 5.41 Å². The van der Waals surface area contributed by atoms with E-state index in [4.69, 9.17) is 30.5 Å². The summed E-state index contributed by atoms with van der Waals surface area (Å²) < 4.78 is 23.4. The first kappa shape index (κ1) is 27.0. The lowest BCUT2D eigenvalue weighted by Gasteiger charge is -2.40. The fourth-order valence-electron chi connectivity index (χ4n) is 5.54. The van der Waals surface area contributed by atoms with E-state index in [1.165, 1.54) is 0 Å². The standard InChI is InChI=1S/C28H36ClN3O6/c1-17(33)28(4)16-32(26(34)24-15-36-27(2,3)38-24)14-21(28)18-6-8-22(35-5)23(10-18)37-20-12-31(13-20)25-9-7-19(29)11-30-25/h6-11,17,20-21,24,33H,12-16H2,1-5H3/t17-,21+,24+,28+/m1/s1. The van der Waals surface area contributed by atoms with Gasteiger partial charge in [0.05, 0.1) is 37.9 Å². The second-order valence-corrected chi connectivity index (χ2v) is 11.6. The average Bonchev–Trinajstić information content (AvgIpc) is 3.41. The lowest BCUT2D eigenvalue weighted by Crippen LogP contribution is -2.54. The Morgan fingerprint density at radius 1 is 1.18 bits per heavy atom. The molecule has 3 aliphatic rings. The number of aromatic nitrogens is 1. The van der Waals surface area contributed by atoms with Gasteiger partial charge in [0.1, 0.15) is 11.9 Å². The normalized spacial score (nSPS) is 27.8. The first-order valence-electron chi connectivity index (χ1n) is 13.0. The van der Waals surface area contributed by atoms with Crippen LogP contribution in [-0.2, 0) is 14.3 Å². The highest BCUT2D eigenvalue weighted by molar-refractivity contribution is 6.30. The third-order valence-electron chi connectivity index (χ3n) is 8.05. The highest BCUT2D eigenvalue weighted by atomic mass is 35.5. The van der Waals surface area contributed by atoms with Crippen molar-refractivity contribution in [3.63, 3.8) is 0 Å². The van der Waals surface area contributed by atoms with Crippen LogP contribution in [0.25, 0.3) is 0 Å². The number of pyridine rings is 1. The van der Waals surface area contributed by atoms with Gasteiger partial charge in [-0.2, -0.15) is 0 Å². The Kier molecular flexibility index (Phi) is 7.24. The van der Waals surface area contributed by atoms with Gasteiger partial charge in [-0.05, 0) is 50.6 Å². The Hall–Kier alpha value is -2.59. The summed E-state index contributed by atoms with van der Waals surface area (Å²) >= 11 is 5.96. The predicted octanol–water partition coefficient (Wildman–Crippen LogP) is 3.48. The van der Waals surface area contributed by atoms with Crippen LogP contribution in [0.3, 0.4) is 0 Å². The molecule has 0 radical (unpaired) electrons. The maximum Gasteiger partial charge on any atom is 0.254 e. The van der Waals surface area contributed by atoms with Gasteiger partial charge in [0.25, 0.3) is 5.91 Å². The number of rotatable bonds is 7. The van der Waals surface area contributed by atoms with Crippen LogP contribution in [-0.4, -0.2) is 84.9 Å². The summed E-state index contributed by atoms with van der Waals surface area (Å²) in [7, 11) is 1.62. The van der Waals surface area contributed by atoms with Crippen LogP contribution in [0.5, 0.6) is 11.5 Å². The van der Waals surface area contributed by atoms with Gasteiger partial charge in [0.2, 0.25) is 0 Å². The van der Waals surface area contributed by atoms with E-state index >= 15 is 0 Å². The minimum atomic E-state index is -0.782. The number of carbonyl (C=O) groups is 1. The molecule has 0 bridgehead atoms. The number of methoxy groups -OCH3 is 1. The van der Waals surface area contributed by atoms with Crippen molar-refractivity contribution in [1.82, 2.24) is 9.88 Å². The first-order valence-corrected chi connectivity index (χ1v) is 13.4. The number of ether oxygens (including phenoxy) is 4. The molecule has 38 heavy (non-hydrogen) atoms. The van der Waals surface area contributed by atoms with Crippen molar-refractivity contribution in [2.45, 2.75) is 57.7 Å². The Morgan fingerprint density at radius 2 is 1.95 bits per heavy atom. The number of amides is 1. The van der Waals surface area contributed by atoms with Crippen LogP contribution in [0.4, 0.5) is 5.82 Å². The van der Waals surface area contributed by atoms with Crippen molar-refractivity contribution in [3.05, 3.63) is 47.1 Å². The average molecular weight is 546 g/mol. The number of aliphatic hydroxyl groups excluding tert-OH is 1.